The Kier molecular flexibility index (Phi) is 5.95. The molecule has 0 aliphatic carbocycles. The normalized spacial score (nSPS) is 10.3. The Bertz CT molecular complexity index is 326. The molecule has 0 bridgehead atoms. The van der Waals surface area contributed by atoms with Gasteiger partial charge in [0.15, 0.2) is 0 Å². The van der Waals surface area contributed by atoms with Gasteiger partial charge in [0.25, 0.3) is 0 Å². The summed E-state index contributed by atoms with van der Waals surface area (Å²) in [6.07, 6.45) is 2.98. The Morgan fingerprint density at radius 2 is 2.18 bits per heavy atom. The lowest BCUT2D eigenvalue weighted by molar-refractivity contribution is 0.247. The number of urea groups is 1. The molecule has 1 rings (SSSR count). The van der Waals surface area contributed by atoms with Gasteiger partial charge >= 0.3 is 6.03 Å². The summed E-state index contributed by atoms with van der Waals surface area (Å²) >= 11 is 0. The summed E-state index contributed by atoms with van der Waals surface area (Å²) in [7, 11) is 0. The minimum absolute atomic E-state index is 0.240. The van der Waals surface area contributed by atoms with Crippen LogP contribution in [0.5, 0.6) is 0 Å². The standard InChI is InChI=1S/C11H19N5O/c1-3-16(4-2)8-7-13-11(17)15-10-5-6-12-9-14-10/h5-6,9H,3-4,7-8H2,1-2H3,(H2,12,13,14,15,17). The van der Waals surface area contributed by atoms with Gasteiger partial charge in [-0.1, -0.05) is 13.8 Å². The number of nitrogens with zero attached hydrogens (tertiary/aromatic N) is 3. The molecule has 2 amide bonds. The van der Waals surface area contributed by atoms with Crippen molar-refractivity contribution in [1.82, 2.24) is 20.2 Å². The third-order valence-electron chi connectivity index (χ3n) is 2.43. The predicted molar refractivity (Wildman–Crippen MR) is 66.8 cm³/mol. The molecule has 0 fully saturated rings. The van der Waals surface area contributed by atoms with E-state index in [1.165, 1.54) is 6.33 Å². The van der Waals surface area contributed by atoms with E-state index in [4.69, 9.17) is 0 Å². The van der Waals surface area contributed by atoms with Crippen LogP contribution in [0.15, 0.2) is 18.6 Å². The molecule has 0 unspecified atom stereocenters. The summed E-state index contributed by atoms with van der Waals surface area (Å²) in [5.41, 5.74) is 0. The molecule has 0 spiro atoms. The van der Waals surface area contributed by atoms with Gasteiger partial charge in [-0.2, -0.15) is 0 Å². The van der Waals surface area contributed by atoms with Crippen LogP contribution in [-0.4, -0.2) is 47.1 Å². The van der Waals surface area contributed by atoms with E-state index in [1.54, 1.807) is 12.3 Å². The molecule has 0 aliphatic heterocycles. The van der Waals surface area contributed by atoms with Crippen LogP contribution in [0.3, 0.4) is 0 Å². The Morgan fingerprint density at radius 1 is 1.41 bits per heavy atom. The zero-order valence-electron chi connectivity index (χ0n) is 10.3. The number of rotatable bonds is 6. The van der Waals surface area contributed by atoms with E-state index < -0.39 is 0 Å². The lowest BCUT2D eigenvalue weighted by atomic mass is 10.4. The summed E-state index contributed by atoms with van der Waals surface area (Å²) in [4.78, 5) is 21.4. The van der Waals surface area contributed by atoms with Gasteiger partial charge in [0.1, 0.15) is 12.1 Å². The molecular formula is C11H19N5O. The van der Waals surface area contributed by atoms with Crippen LogP contribution in [0.1, 0.15) is 13.8 Å². The summed E-state index contributed by atoms with van der Waals surface area (Å²) in [5.74, 6) is 0.500. The summed E-state index contributed by atoms with van der Waals surface area (Å²) in [6.45, 7) is 7.66. The van der Waals surface area contributed by atoms with E-state index in [0.717, 1.165) is 19.6 Å². The predicted octanol–water partition coefficient (Wildman–Crippen LogP) is 0.940. The van der Waals surface area contributed by atoms with Crippen molar-refractivity contribution in [3.8, 4) is 0 Å². The van der Waals surface area contributed by atoms with Gasteiger partial charge in [-0.05, 0) is 19.2 Å². The lowest BCUT2D eigenvalue weighted by Gasteiger charge is -2.17. The first kappa shape index (κ1) is 13.4. The number of likely N-dealkylation sites (N-methyl/N-ethyl adjacent to an activating group) is 1. The minimum Gasteiger partial charge on any atom is -0.337 e. The molecule has 6 heteroatoms. The molecule has 0 saturated heterocycles. The first-order valence-corrected chi connectivity index (χ1v) is 5.79. The molecule has 0 atom stereocenters. The number of carbonyl (C=O) groups excluding carboxylic acids is 1. The number of aromatic nitrogens is 2. The quantitative estimate of drug-likeness (QED) is 0.772. The summed E-state index contributed by atoms with van der Waals surface area (Å²) < 4.78 is 0. The van der Waals surface area contributed by atoms with E-state index in [1.807, 2.05) is 0 Å². The molecule has 94 valence electrons. The van der Waals surface area contributed by atoms with Gasteiger partial charge in [-0.3, -0.25) is 5.32 Å². The molecule has 1 heterocycles. The fourth-order valence-corrected chi connectivity index (χ4v) is 1.39. The van der Waals surface area contributed by atoms with Crippen molar-refractivity contribution in [2.75, 3.05) is 31.5 Å². The van der Waals surface area contributed by atoms with Crippen LogP contribution in [-0.2, 0) is 0 Å². The maximum atomic E-state index is 11.5. The molecule has 1 aromatic heterocycles. The second kappa shape index (κ2) is 7.56. The summed E-state index contributed by atoms with van der Waals surface area (Å²) in [6, 6.07) is 1.40. The van der Waals surface area contributed by atoms with E-state index >= 15 is 0 Å². The van der Waals surface area contributed by atoms with Crippen LogP contribution in [0.4, 0.5) is 10.6 Å². The third kappa shape index (κ3) is 5.26. The Labute approximate surface area is 101 Å². The number of nitrogens with one attached hydrogen (secondary N) is 2. The molecule has 6 nitrogen and oxygen atoms in total. The fourth-order valence-electron chi connectivity index (χ4n) is 1.39. The van der Waals surface area contributed by atoms with Gasteiger partial charge < -0.3 is 10.2 Å². The molecule has 0 radical (unpaired) electrons. The molecule has 0 saturated carbocycles. The zero-order chi connectivity index (χ0) is 12.5. The number of hydrogen-bond donors (Lipinski definition) is 2. The van der Waals surface area contributed by atoms with E-state index in [9.17, 15) is 4.79 Å². The number of anilines is 1. The van der Waals surface area contributed by atoms with Gasteiger partial charge in [-0.25, -0.2) is 14.8 Å². The second-order valence-electron chi connectivity index (χ2n) is 3.50. The monoisotopic (exact) mass is 237 g/mol. The average Bonchev–Trinajstić information content (AvgIpc) is 2.36. The minimum atomic E-state index is -0.240. The van der Waals surface area contributed by atoms with Crippen LogP contribution < -0.4 is 10.6 Å². The van der Waals surface area contributed by atoms with Gasteiger partial charge in [0.2, 0.25) is 0 Å². The molecule has 0 aliphatic rings. The molecular weight excluding hydrogens is 218 g/mol. The van der Waals surface area contributed by atoms with Crippen LogP contribution in [0.2, 0.25) is 0 Å². The maximum Gasteiger partial charge on any atom is 0.320 e. The highest BCUT2D eigenvalue weighted by atomic mass is 16.2. The fraction of sp³-hybridized carbons (Fsp3) is 0.545. The first-order valence-electron chi connectivity index (χ1n) is 5.79. The van der Waals surface area contributed by atoms with Crippen molar-refractivity contribution >= 4 is 11.8 Å². The molecule has 0 aromatic carbocycles. The van der Waals surface area contributed by atoms with Crippen molar-refractivity contribution in [2.45, 2.75) is 13.8 Å². The van der Waals surface area contributed by atoms with Gasteiger partial charge in [0, 0.05) is 19.3 Å². The average molecular weight is 237 g/mol. The lowest BCUT2D eigenvalue weighted by Crippen LogP contribution is -2.37. The number of amides is 2. The van der Waals surface area contributed by atoms with Crippen LogP contribution in [0.25, 0.3) is 0 Å². The van der Waals surface area contributed by atoms with E-state index in [0.29, 0.717) is 12.4 Å². The Balaban J connectivity index is 2.22. The highest BCUT2D eigenvalue weighted by Crippen LogP contribution is 1.96. The largest absolute Gasteiger partial charge is 0.337 e. The molecule has 2 N–H and O–H groups in total. The van der Waals surface area contributed by atoms with Crippen molar-refractivity contribution in [3.63, 3.8) is 0 Å². The molecule has 17 heavy (non-hydrogen) atoms. The third-order valence-corrected chi connectivity index (χ3v) is 2.43. The second-order valence-corrected chi connectivity index (χ2v) is 3.50. The SMILES string of the molecule is CCN(CC)CCNC(=O)Nc1ccncn1. The zero-order valence-corrected chi connectivity index (χ0v) is 10.3. The molecule has 1 aromatic rings. The highest BCUT2D eigenvalue weighted by Gasteiger charge is 2.03. The number of carbonyl (C=O) groups is 1. The maximum absolute atomic E-state index is 11.5. The van der Waals surface area contributed by atoms with Crippen LogP contribution >= 0.6 is 0 Å². The number of hydrogen-bond acceptors (Lipinski definition) is 4. The van der Waals surface area contributed by atoms with Crippen molar-refractivity contribution in [1.29, 1.82) is 0 Å². The Hall–Kier alpha value is -1.69. The van der Waals surface area contributed by atoms with Crippen molar-refractivity contribution in [3.05, 3.63) is 18.6 Å². The summed E-state index contributed by atoms with van der Waals surface area (Å²) in [5, 5.41) is 5.41. The van der Waals surface area contributed by atoms with Gasteiger partial charge in [-0.15, -0.1) is 0 Å². The van der Waals surface area contributed by atoms with Crippen LogP contribution in [0, 0.1) is 0 Å². The van der Waals surface area contributed by atoms with Crippen molar-refractivity contribution < 1.29 is 4.79 Å². The Morgan fingerprint density at radius 3 is 2.76 bits per heavy atom. The smallest absolute Gasteiger partial charge is 0.320 e. The van der Waals surface area contributed by atoms with Crippen molar-refractivity contribution in [2.24, 2.45) is 0 Å². The highest BCUT2D eigenvalue weighted by molar-refractivity contribution is 5.87. The first-order chi connectivity index (χ1) is 8.26. The topological polar surface area (TPSA) is 70.2 Å². The van der Waals surface area contributed by atoms with E-state index in [-0.39, 0.29) is 6.03 Å². The van der Waals surface area contributed by atoms with E-state index in [2.05, 4.69) is 39.3 Å². The van der Waals surface area contributed by atoms with Gasteiger partial charge in [0.05, 0.1) is 0 Å².